The highest BCUT2D eigenvalue weighted by molar-refractivity contribution is 4.91. The smallest absolute Gasteiger partial charge is 0.0667 e. The number of rotatable bonds is 2. The Morgan fingerprint density at radius 2 is 2.07 bits per heavy atom. The molecule has 0 aromatic heterocycles. The van der Waals surface area contributed by atoms with Gasteiger partial charge in [0.05, 0.1) is 6.10 Å². The Balaban J connectivity index is 1.52. The van der Waals surface area contributed by atoms with Crippen LogP contribution in [0.3, 0.4) is 0 Å². The van der Waals surface area contributed by atoms with Crippen LogP contribution in [0.4, 0.5) is 0 Å². The molecule has 86 valence electrons. The number of aliphatic hydroxyl groups is 1. The highest BCUT2D eigenvalue weighted by atomic mass is 16.3. The summed E-state index contributed by atoms with van der Waals surface area (Å²) in [6.07, 6.45) is 8.17. The molecular weight excluding hydrogens is 186 g/mol. The van der Waals surface area contributed by atoms with Crippen molar-refractivity contribution in [2.75, 3.05) is 19.6 Å². The highest BCUT2D eigenvalue weighted by Gasteiger charge is 2.40. The Labute approximate surface area is 92.7 Å². The van der Waals surface area contributed by atoms with Crippen molar-refractivity contribution >= 4 is 0 Å². The molecule has 1 heterocycles. The van der Waals surface area contributed by atoms with Crippen molar-refractivity contribution in [2.24, 2.45) is 17.8 Å². The van der Waals surface area contributed by atoms with Crippen LogP contribution in [0.2, 0.25) is 0 Å². The van der Waals surface area contributed by atoms with Crippen molar-refractivity contribution in [3.05, 3.63) is 0 Å². The maximum absolute atomic E-state index is 9.64. The first-order valence-corrected chi connectivity index (χ1v) is 6.71. The molecule has 2 heteroatoms. The normalized spacial score (nSPS) is 46.2. The highest BCUT2D eigenvalue weighted by Crippen LogP contribution is 2.48. The molecule has 15 heavy (non-hydrogen) atoms. The molecule has 2 aliphatic carbocycles. The van der Waals surface area contributed by atoms with Crippen LogP contribution in [-0.2, 0) is 0 Å². The van der Waals surface area contributed by atoms with Gasteiger partial charge < -0.3 is 10.0 Å². The van der Waals surface area contributed by atoms with Gasteiger partial charge in [0.2, 0.25) is 0 Å². The van der Waals surface area contributed by atoms with Gasteiger partial charge in [-0.1, -0.05) is 6.42 Å². The Hall–Kier alpha value is -0.0800. The monoisotopic (exact) mass is 209 g/mol. The molecule has 0 radical (unpaired) electrons. The minimum atomic E-state index is -0.0441. The zero-order chi connectivity index (χ0) is 10.3. The van der Waals surface area contributed by atoms with Crippen LogP contribution in [0.15, 0.2) is 0 Å². The van der Waals surface area contributed by atoms with Crippen molar-refractivity contribution < 1.29 is 5.11 Å². The number of piperidine rings is 1. The van der Waals surface area contributed by atoms with Crippen LogP contribution in [0.5, 0.6) is 0 Å². The first-order chi connectivity index (χ1) is 7.31. The standard InChI is InChI=1S/C13H23NO/c15-13-2-1-5-14(9-13)8-12-7-10-3-4-11(12)6-10/h10-13,15H,1-9H2. The van der Waals surface area contributed by atoms with Crippen molar-refractivity contribution in [2.45, 2.75) is 44.6 Å². The fourth-order valence-electron chi connectivity index (χ4n) is 4.13. The number of β-amino-alcohol motifs (C(OH)–C–C–N with tert-alkyl or cyclic N) is 1. The maximum Gasteiger partial charge on any atom is 0.0667 e. The summed E-state index contributed by atoms with van der Waals surface area (Å²) in [4.78, 5) is 2.51. The van der Waals surface area contributed by atoms with E-state index in [4.69, 9.17) is 0 Å². The zero-order valence-electron chi connectivity index (χ0n) is 9.57. The van der Waals surface area contributed by atoms with E-state index < -0.39 is 0 Å². The van der Waals surface area contributed by atoms with E-state index >= 15 is 0 Å². The van der Waals surface area contributed by atoms with Gasteiger partial charge in [-0.2, -0.15) is 0 Å². The van der Waals surface area contributed by atoms with Crippen molar-refractivity contribution in [3.8, 4) is 0 Å². The van der Waals surface area contributed by atoms with Crippen LogP contribution >= 0.6 is 0 Å². The van der Waals surface area contributed by atoms with Gasteiger partial charge in [-0.3, -0.25) is 0 Å². The van der Waals surface area contributed by atoms with E-state index in [2.05, 4.69) is 4.90 Å². The number of aliphatic hydroxyl groups excluding tert-OH is 1. The van der Waals surface area contributed by atoms with Gasteiger partial charge in [0.1, 0.15) is 0 Å². The third-order valence-electron chi connectivity index (χ3n) is 4.86. The molecule has 0 spiro atoms. The van der Waals surface area contributed by atoms with E-state index in [0.29, 0.717) is 0 Å². The van der Waals surface area contributed by atoms with Gasteiger partial charge in [0.25, 0.3) is 0 Å². The molecule has 1 saturated heterocycles. The van der Waals surface area contributed by atoms with Crippen molar-refractivity contribution in [3.63, 3.8) is 0 Å². The lowest BCUT2D eigenvalue weighted by Gasteiger charge is -2.34. The van der Waals surface area contributed by atoms with Crippen LogP contribution in [-0.4, -0.2) is 35.7 Å². The maximum atomic E-state index is 9.64. The Bertz CT molecular complexity index is 231. The van der Waals surface area contributed by atoms with E-state index in [0.717, 1.165) is 30.7 Å². The van der Waals surface area contributed by atoms with Gasteiger partial charge in [-0.25, -0.2) is 0 Å². The summed E-state index contributed by atoms with van der Waals surface area (Å²) in [5, 5.41) is 9.64. The second kappa shape index (κ2) is 4.06. The molecule has 2 saturated carbocycles. The second-order valence-electron chi connectivity index (χ2n) is 5.99. The molecule has 3 rings (SSSR count). The summed E-state index contributed by atoms with van der Waals surface area (Å²) in [7, 11) is 0. The number of fused-ring (bicyclic) bond motifs is 2. The molecule has 2 bridgehead atoms. The minimum Gasteiger partial charge on any atom is -0.392 e. The lowest BCUT2D eigenvalue weighted by atomic mass is 9.88. The SMILES string of the molecule is OC1CCCN(CC2CC3CCC2C3)C1. The summed E-state index contributed by atoms with van der Waals surface area (Å²) in [5.41, 5.74) is 0. The Kier molecular flexibility index (Phi) is 2.73. The molecule has 0 amide bonds. The summed E-state index contributed by atoms with van der Waals surface area (Å²) in [5.74, 6) is 3.07. The van der Waals surface area contributed by atoms with E-state index in [1.807, 2.05) is 0 Å². The van der Waals surface area contributed by atoms with Gasteiger partial charge in [0, 0.05) is 13.1 Å². The minimum absolute atomic E-state index is 0.0441. The predicted octanol–water partition coefficient (Wildman–Crippen LogP) is 1.88. The molecule has 4 unspecified atom stereocenters. The van der Waals surface area contributed by atoms with Crippen molar-refractivity contribution in [1.82, 2.24) is 4.90 Å². The lowest BCUT2D eigenvalue weighted by Crippen LogP contribution is -2.41. The molecule has 2 nitrogen and oxygen atoms in total. The topological polar surface area (TPSA) is 23.5 Å². The van der Waals surface area contributed by atoms with Crippen LogP contribution in [0, 0.1) is 17.8 Å². The molecule has 1 N–H and O–H groups in total. The molecule has 4 atom stereocenters. The Morgan fingerprint density at radius 3 is 2.73 bits per heavy atom. The fraction of sp³-hybridized carbons (Fsp3) is 1.00. The van der Waals surface area contributed by atoms with Gasteiger partial charge in [-0.15, -0.1) is 0 Å². The first kappa shape index (κ1) is 10.1. The predicted molar refractivity (Wildman–Crippen MR) is 60.6 cm³/mol. The van der Waals surface area contributed by atoms with E-state index in [1.165, 1.54) is 45.2 Å². The van der Waals surface area contributed by atoms with E-state index in [1.54, 1.807) is 0 Å². The average molecular weight is 209 g/mol. The van der Waals surface area contributed by atoms with Crippen LogP contribution < -0.4 is 0 Å². The van der Waals surface area contributed by atoms with Gasteiger partial charge in [-0.05, 0) is 56.4 Å². The average Bonchev–Trinajstić information content (AvgIpc) is 2.79. The lowest BCUT2D eigenvalue weighted by molar-refractivity contribution is 0.0561. The summed E-state index contributed by atoms with van der Waals surface area (Å²) in [6.45, 7) is 3.44. The molecule has 3 fully saturated rings. The van der Waals surface area contributed by atoms with E-state index in [9.17, 15) is 5.11 Å². The zero-order valence-corrected chi connectivity index (χ0v) is 9.57. The number of hydrogen-bond acceptors (Lipinski definition) is 2. The number of nitrogens with zero attached hydrogens (tertiary/aromatic N) is 1. The van der Waals surface area contributed by atoms with Gasteiger partial charge in [0.15, 0.2) is 0 Å². The second-order valence-corrected chi connectivity index (χ2v) is 5.99. The van der Waals surface area contributed by atoms with E-state index in [-0.39, 0.29) is 6.10 Å². The quantitative estimate of drug-likeness (QED) is 0.750. The number of hydrogen-bond donors (Lipinski definition) is 1. The van der Waals surface area contributed by atoms with Crippen molar-refractivity contribution in [1.29, 1.82) is 0 Å². The Morgan fingerprint density at radius 1 is 1.13 bits per heavy atom. The molecular formula is C13H23NO. The largest absolute Gasteiger partial charge is 0.392 e. The summed E-state index contributed by atoms with van der Waals surface area (Å²) >= 11 is 0. The molecule has 3 aliphatic rings. The van der Waals surface area contributed by atoms with Gasteiger partial charge >= 0.3 is 0 Å². The fourth-order valence-corrected chi connectivity index (χ4v) is 4.13. The van der Waals surface area contributed by atoms with Crippen LogP contribution in [0.1, 0.15) is 38.5 Å². The molecule has 0 aromatic rings. The number of likely N-dealkylation sites (tertiary alicyclic amines) is 1. The first-order valence-electron chi connectivity index (χ1n) is 6.71. The van der Waals surface area contributed by atoms with Crippen LogP contribution in [0.25, 0.3) is 0 Å². The summed E-state index contributed by atoms with van der Waals surface area (Å²) < 4.78 is 0. The molecule has 1 aliphatic heterocycles. The summed E-state index contributed by atoms with van der Waals surface area (Å²) in [6, 6.07) is 0. The third kappa shape index (κ3) is 2.07. The third-order valence-corrected chi connectivity index (χ3v) is 4.86. The molecule has 0 aromatic carbocycles.